The maximum absolute atomic E-state index is 10.2. The van der Waals surface area contributed by atoms with E-state index in [4.69, 9.17) is 7.98 Å². The minimum atomic E-state index is -0.319. The molecule has 0 spiro atoms. The zero-order valence-electron chi connectivity index (χ0n) is 4.19. The van der Waals surface area contributed by atoms with E-state index in [9.17, 15) is 4.79 Å². The standard InChI is InChI=1S/C4H6BNO/c1-3(2)4(7)6-5/h1H2,2H3,(H,6,7). The zero-order valence-corrected chi connectivity index (χ0v) is 4.19. The molecule has 0 aromatic heterocycles. The summed E-state index contributed by atoms with van der Waals surface area (Å²) in [4.78, 5) is 10.2. The van der Waals surface area contributed by atoms with Crippen LogP contribution in [0.5, 0.6) is 0 Å². The van der Waals surface area contributed by atoms with E-state index >= 15 is 0 Å². The predicted octanol–water partition coefficient (Wildman–Crippen LogP) is -0.238. The lowest BCUT2D eigenvalue weighted by molar-refractivity contribution is -0.115. The Morgan fingerprint density at radius 1 is 1.86 bits per heavy atom. The molecule has 0 rings (SSSR count). The van der Waals surface area contributed by atoms with Crippen LogP contribution in [0.2, 0.25) is 0 Å². The molecule has 0 fully saturated rings. The third-order valence-electron chi connectivity index (χ3n) is 0.519. The molecule has 0 saturated heterocycles. The molecule has 2 nitrogen and oxygen atoms in total. The minimum Gasteiger partial charge on any atom is -0.405 e. The second-order valence-electron chi connectivity index (χ2n) is 1.25. The molecular formula is C4H6BNO. The van der Waals surface area contributed by atoms with E-state index < -0.39 is 0 Å². The maximum atomic E-state index is 10.2. The number of nitrogens with one attached hydrogen (secondary N) is 1. The highest BCUT2D eigenvalue weighted by Gasteiger charge is 1.92. The summed E-state index contributed by atoms with van der Waals surface area (Å²) in [6.07, 6.45) is 0. The van der Waals surface area contributed by atoms with Crippen LogP contribution in [0, 0.1) is 0 Å². The van der Waals surface area contributed by atoms with Gasteiger partial charge in [0.15, 0.2) is 0 Å². The Kier molecular flexibility index (Phi) is 2.19. The smallest absolute Gasteiger partial charge is 0.233 e. The Labute approximate surface area is 44.0 Å². The van der Waals surface area contributed by atoms with E-state index in [1.807, 2.05) is 5.23 Å². The van der Waals surface area contributed by atoms with Crippen molar-refractivity contribution >= 4 is 13.9 Å². The first-order valence-electron chi connectivity index (χ1n) is 1.85. The van der Waals surface area contributed by atoms with Crippen molar-refractivity contribution in [2.24, 2.45) is 0 Å². The molecule has 0 aliphatic carbocycles. The predicted molar refractivity (Wildman–Crippen MR) is 28.7 cm³/mol. The number of carbonyl (C=O) groups excluding carboxylic acids is 1. The number of hydrogen-bond acceptors (Lipinski definition) is 1. The van der Waals surface area contributed by atoms with Crippen molar-refractivity contribution in [3.8, 4) is 0 Å². The van der Waals surface area contributed by atoms with Crippen LogP contribution in [0.3, 0.4) is 0 Å². The molecular weight excluding hydrogens is 88.9 g/mol. The molecule has 2 radical (unpaired) electrons. The molecule has 0 bridgehead atoms. The molecule has 36 valence electrons. The van der Waals surface area contributed by atoms with E-state index in [0.29, 0.717) is 5.57 Å². The van der Waals surface area contributed by atoms with E-state index in [-0.39, 0.29) is 5.91 Å². The first-order chi connectivity index (χ1) is 3.18. The van der Waals surface area contributed by atoms with Gasteiger partial charge in [-0.2, -0.15) is 0 Å². The minimum absolute atomic E-state index is 0.319. The Morgan fingerprint density at radius 3 is 2.29 bits per heavy atom. The largest absolute Gasteiger partial charge is 0.405 e. The first kappa shape index (κ1) is 6.27. The van der Waals surface area contributed by atoms with Gasteiger partial charge in [0.1, 0.15) is 0 Å². The normalized spacial score (nSPS) is 7.57. The molecule has 0 unspecified atom stereocenters. The number of hydrogen-bond donors (Lipinski definition) is 1. The Hall–Kier alpha value is -0.725. The second-order valence-corrected chi connectivity index (χ2v) is 1.25. The highest BCUT2D eigenvalue weighted by atomic mass is 16.1. The molecule has 0 aromatic rings. The molecule has 0 aliphatic heterocycles. The van der Waals surface area contributed by atoms with Crippen LogP contribution in [-0.4, -0.2) is 13.9 Å². The summed E-state index contributed by atoms with van der Waals surface area (Å²) in [5, 5.41) is 1.93. The molecule has 0 aromatic carbocycles. The summed E-state index contributed by atoms with van der Waals surface area (Å²) in [6.45, 7) is 4.92. The fourth-order valence-electron chi connectivity index (χ4n) is 0.123. The van der Waals surface area contributed by atoms with Gasteiger partial charge < -0.3 is 5.23 Å². The molecule has 3 heteroatoms. The Balaban J connectivity index is 3.58. The molecule has 7 heavy (non-hydrogen) atoms. The van der Waals surface area contributed by atoms with E-state index in [1.54, 1.807) is 6.92 Å². The van der Waals surface area contributed by atoms with Gasteiger partial charge in [-0.25, -0.2) is 0 Å². The maximum Gasteiger partial charge on any atom is 0.233 e. The summed E-state index contributed by atoms with van der Waals surface area (Å²) >= 11 is 0. The summed E-state index contributed by atoms with van der Waals surface area (Å²) in [5.74, 6) is -0.319. The topological polar surface area (TPSA) is 29.1 Å². The van der Waals surface area contributed by atoms with Crippen molar-refractivity contribution in [3.63, 3.8) is 0 Å². The van der Waals surface area contributed by atoms with Gasteiger partial charge in [0, 0.05) is 5.57 Å². The van der Waals surface area contributed by atoms with E-state index in [0.717, 1.165) is 0 Å². The fraction of sp³-hybridized carbons (Fsp3) is 0.250. The first-order valence-corrected chi connectivity index (χ1v) is 1.85. The summed E-state index contributed by atoms with van der Waals surface area (Å²) in [7, 11) is 4.71. The van der Waals surface area contributed by atoms with Crippen LogP contribution in [0.1, 0.15) is 6.92 Å². The van der Waals surface area contributed by atoms with Crippen molar-refractivity contribution in [3.05, 3.63) is 12.2 Å². The number of amides is 1. The SMILES string of the molecule is [B]NC(=O)C(=C)C. The number of carbonyl (C=O) groups is 1. The molecule has 1 N–H and O–H groups in total. The molecule has 0 atom stereocenters. The molecule has 0 aliphatic rings. The van der Waals surface area contributed by atoms with Gasteiger partial charge in [-0.15, -0.1) is 0 Å². The van der Waals surface area contributed by atoms with Gasteiger partial charge >= 0.3 is 0 Å². The second kappa shape index (κ2) is 2.45. The highest BCUT2D eigenvalue weighted by Crippen LogP contribution is 1.81. The Morgan fingerprint density at radius 2 is 2.29 bits per heavy atom. The van der Waals surface area contributed by atoms with Gasteiger partial charge in [-0.1, -0.05) is 6.58 Å². The lowest BCUT2D eigenvalue weighted by Crippen LogP contribution is -2.19. The van der Waals surface area contributed by atoms with E-state index in [2.05, 4.69) is 6.58 Å². The quantitative estimate of drug-likeness (QED) is 0.353. The third kappa shape index (κ3) is 2.03. The van der Waals surface area contributed by atoms with Gasteiger partial charge in [0.25, 0.3) is 0 Å². The highest BCUT2D eigenvalue weighted by molar-refractivity contribution is 6.17. The Bertz CT molecular complexity index is 99.9. The fourth-order valence-corrected chi connectivity index (χ4v) is 0.123. The summed E-state index contributed by atoms with van der Waals surface area (Å²) in [6, 6.07) is 0. The van der Waals surface area contributed by atoms with E-state index in [1.165, 1.54) is 0 Å². The van der Waals surface area contributed by atoms with Crippen LogP contribution in [0.25, 0.3) is 0 Å². The van der Waals surface area contributed by atoms with Gasteiger partial charge in [0.05, 0.1) is 0 Å². The monoisotopic (exact) mass is 95.1 g/mol. The number of rotatable bonds is 1. The molecule has 0 saturated carbocycles. The average molecular weight is 94.9 g/mol. The lowest BCUT2D eigenvalue weighted by Gasteiger charge is -1.92. The molecule has 1 amide bonds. The van der Waals surface area contributed by atoms with Gasteiger partial charge in [-0.3, -0.25) is 4.79 Å². The van der Waals surface area contributed by atoms with Gasteiger partial charge in [-0.05, 0) is 6.92 Å². The average Bonchev–Trinajstić information content (AvgIpc) is 1.65. The van der Waals surface area contributed by atoms with Crippen molar-refractivity contribution in [1.82, 2.24) is 5.23 Å². The van der Waals surface area contributed by atoms with Crippen molar-refractivity contribution in [2.75, 3.05) is 0 Å². The third-order valence-corrected chi connectivity index (χ3v) is 0.519. The molecule has 0 heterocycles. The van der Waals surface area contributed by atoms with Crippen LogP contribution in [0.4, 0.5) is 0 Å². The van der Waals surface area contributed by atoms with Crippen LogP contribution < -0.4 is 5.23 Å². The van der Waals surface area contributed by atoms with Crippen LogP contribution >= 0.6 is 0 Å². The van der Waals surface area contributed by atoms with Gasteiger partial charge in [0.2, 0.25) is 13.9 Å². The van der Waals surface area contributed by atoms with Crippen molar-refractivity contribution in [1.29, 1.82) is 0 Å². The lowest BCUT2D eigenvalue weighted by atomic mass is 10.3. The van der Waals surface area contributed by atoms with Crippen LogP contribution in [0.15, 0.2) is 12.2 Å². The summed E-state index contributed by atoms with van der Waals surface area (Å²) < 4.78 is 0. The van der Waals surface area contributed by atoms with Crippen molar-refractivity contribution < 1.29 is 4.79 Å². The zero-order chi connectivity index (χ0) is 5.86. The van der Waals surface area contributed by atoms with Crippen molar-refractivity contribution in [2.45, 2.75) is 6.92 Å². The summed E-state index contributed by atoms with van der Waals surface area (Å²) in [5.41, 5.74) is 0.419. The van der Waals surface area contributed by atoms with Crippen LogP contribution in [-0.2, 0) is 4.79 Å².